The van der Waals surface area contributed by atoms with Crippen molar-refractivity contribution in [3.63, 3.8) is 0 Å². The van der Waals surface area contributed by atoms with E-state index >= 15 is 0 Å². The van der Waals surface area contributed by atoms with Gasteiger partial charge in [0, 0.05) is 17.0 Å². The van der Waals surface area contributed by atoms with Gasteiger partial charge in [0.2, 0.25) is 0 Å². The molecule has 1 heterocycles. The monoisotopic (exact) mass is 209 g/mol. The molecule has 1 aromatic rings. The Kier molecular flexibility index (Phi) is 4.14. The lowest BCUT2D eigenvalue weighted by Crippen LogP contribution is -1.96. The highest BCUT2D eigenvalue weighted by Gasteiger charge is 2.04. The molecule has 14 heavy (non-hydrogen) atoms. The predicted octanol–water partition coefficient (Wildman–Crippen LogP) is 3.17. The van der Waals surface area contributed by atoms with Crippen molar-refractivity contribution in [2.75, 3.05) is 0 Å². The van der Waals surface area contributed by atoms with Gasteiger partial charge in [0.25, 0.3) is 0 Å². The summed E-state index contributed by atoms with van der Waals surface area (Å²) in [4.78, 5) is 15.2. The molecule has 1 aromatic heterocycles. The molecule has 1 rings (SSSR count). The highest BCUT2D eigenvalue weighted by Crippen LogP contribution is 2.22. The Morgan fingerprint density at radius 1 is 1.57 bits per heavy atom. The normalized spacial score (nSPS) is 12.5. The lowest BCUT2D eigenvalue weighted by atomic mass is 10.2. The van der Waals surface area contributed by atoms with E-state index in [0.29, 0.717) is 10.8 Å². The van der Waals surface area contributed by atoms with Crippen LogP contribution in [0.15, 0.2) is 23.4 Å². The maximum absolute atomic E-state index is 11.0. The van der Waals surface area contributed by atoms with Crippen molar-refractivity contribution < 1.29 is 4.79 Å². The highest BCUT2D eigenvalue weighted by atomic mass is 32.2. The highest BCUT2D eigenvalue weighted by molar-refractivity contribution is 7.99. The zero-order valence-electron chi connectivity index (χ0n) is 8.78. The summed E-state index contributed by atoms with van der Waals surface area (Å²) in [5.74, 6) is 0.0672. The third kappa shape index (κ3) is 3.14. The zero-order chi connectivity index (χ0) is 10.6. The number of ketones is 1. The van der Waals surface area contributed by atoms with Crippen LogP contribution >= 0.6 is 11.8 Å². The predicted molar refractivity (Wildman–Crippen MR) is 59.9 cm³/mol. The molecule has 0 saturated heterocycles. The van der Waals surface area contributed by atoms with Gasteiger partial charge in [-0.05, 0) is 25.5 Å². The molecule has 0 bridgehead atoms. The summed E-state index contributed by atoms with van der Waals surface area (Å²) in [7, 11) is 0. The van der Waals surface area contributed by atoms with Gasteiger partial charge in [-0.1, -0.05) is 13.8 Å². The quantitative estimate of drug-likeness (QED) is 0.563. The Morgan fingerprint density at radius 2 is 2.29 bits per heavy atom. The second kappa shape index (κ2) is 5.15. The fourth-order valence-corrected chi connectivity index (χ4v) is 1.79. The third-order valence-electron chi connectivity index (χ3n) is 2.04. The van der Waals surface area contributed by atoms with Crippen LogP contribution in [-0.2, 0) is 0 Å². The van der Waals surface area contributed by atoms with Crippen molar-refractivity contribution in [3.05, 3.63) is 23.9 Å². The van der Waals surface area contributed by atoms with Crippen molar-refractivity contribution >= 4 is 17.5 Å². The summed E-state index contributed by atoms with van der Waals surface area (Å²) < 4.78 is 0. The number of hydrogen-bond acceptors (Lipinski definition) is 3. The van der Waals surface area contributed by atoms with E-state index in [4.69, 9.17) is 0 Å². The number of Topliss-reactive ketones (excluding diaryl/α,β-unsaturated/α-hetero) is 1. The van der Waals surface area contributed by atoms with Gasteiger partial charge in [-0.2, -0.15) is 0 Å². The lowest BCUT2D eigenvalue weighted by Gasteiger charge is -2.06. The van der Waals surface area contributed by atoms with Gasteiger partial charge >= 0.3 is 0 Å². The maximum atomic E-state index is 11.0. The number of aromatic nitrogens is 1. The van der Waals surface area contributed by atoms with Gasteiger partial charge in [0.05, 0.1) is 5.03 Å². The minimum absolute atomic E-state index is 0.0672. The molecule has 0 amide bonds. The molecule has 0 N–H and O–H groups in total. The average Bonchev–Trinajstić information content (AvgIpc) is 2.18. The molecule has 0 aliphatic heterocycles. The molecule has 0 aromatic carbocycles. The van der Waals surface area contributed by atoms with Crippen LogP contribution in [0.1, 0.15) is 37.6 Å². The molecule has 2 nitrogen and oxygen atoms in total. The van der Waals surface area contributed by atoms with E-state index in [0.717, 1.165) is 11.4 Å². The van der Waals surface area contributed by atoms with Crippen molar-refractivity contribution in [3.8, 4) is 0 Å². The Labute approximate surface area is 89.1 Å². The number of carbonyl (C=O) groups excluding carboxylic acids is 1. The number of hydrogen-bond donors (Lipinski definition) is 0. The number of pyridine rings is 1. The SMILES string of the molecule is CCC(C)Sc1ccc(C(C)=O)cn1. The van der Waals surface area contributed by atoms with Gasteiger partial charge in [-0.25, -0.2) is 4.98 Å². The van der Waals surface area contributed by atoms with E-state index < -0.39 is 0 Å². The fraction of sp³-hybridized carbons (Fsp3) is 0.455. The number of thioether (sulfide) groups is 1. The molecule has 0 aliphatic rings. The summed E-state index contributed by atoms with van der Waals surface area (Å²) in [6, 6.07) is 3.74. The first kappa shape index (κ1) is 11.2. The Morgan fingerprint density at radius 3 is 2.71 bits per heavy atom. The van der Waals surface area contributed by atoms with E-state index in [1.54, 1.807) is 24.9 Å². The molecular weight excluding hydrogens is 194 g/mol. The first-order valence-corrected chi connectivity index (χ1v) is 5.65. The first-order chi connectivity index (χ1) is 6.63. The van der Waals surface area contributed by atoms with E-state index in [1.807, 2.05) is 12.1 Å². The Hall–Kier alpha value is -0.830. The maximum Gasteiger partial charge on any atom is 0.161 e. The molecule has 3 heteroatoms. The first-order valence-electron chi connectivity index (χ1n) is 4.77. The molecule has 0 fully saturated rings. The molecule has 0 saturated carbocycles. The average molecular weight is 209 g/mol. The fourth-order valence-electron chi connectivity index (χ4n) is 0.948. The molecule has 0 aliphatic carbocycles. The zero-order valence-corrected chi connectivity index (χ0v) is 9.60. The lowest BCUT2D eigenvalue weighted by molar-refractivity contribution is 0.101. The van der Waals surface area contributed by atoms with Gasteiger partial charge in [-0.3, -0.25) is 4.79 Å². The smallest absolute Gasteiger partial charge is 0.161 e. The van der Waals surface area contributed by atoms with Crippen LogP contribution in [0.3, 0.4) is 0 Å². The van der Waals surface area contributed by atoms with Crippen molar-refractivity contribution in [1.29, 1.82) is 0 Å². The molecular formula is C11H15NOS. The largest absolute Gasteiger partial charge is 0.294 e. The van der Waals surface area contributed by atoms with E-state index in [9.17, 15) is 4.79 Å². The second-order valence-corrected chi connectivity index (χ2v) is 4.74. The van der Waals surface area contributed by atoms with E-state index in [-0.39, 0.29) is 5.78 Å². The van der Waals surface area contributed by atoms with Crippen LogP contribution in [0.4, 0.5) is 0 Å². The van der Waals surface area contributed by atoms with Crippen LogP contribution in [0.25, 0.3) is 0 Å². The summed E-state index contributed by atoms with van der Waals surface area (Å²) >= 11 is 1.74. The van der Waals surface area contributed by atoms with Gasteiger partial charge in [0.15, 0.2) is 5.78 Å². The van der Waals surface area contributed by atoms with Crippen molar-refractivity contribution in [2.45, 2.75) is 37.5 Å². The second-order valence-electron chi connectivity index (χ2n) is 3.28. The molecule has 0 spiro atoms. The summed E-state index contributed by atoms with van der Waals surface area (Å²) in [5.41, 5.74) is 0.679. The topological polar surface area (TPSA) is 30.0 Å². The van der Waals surface area contributed by atoms with Crippen molar-refractivity contribution in [1.82, 2.24) is 4.98 Å². The van der Waals surface area contributed by atoms with Gasteiger partial charge in [-0.15, -0.1) is 11.8 Å². The van der Waals surface area contributed by atoms with E-state index in [1.165, 1.54) is 0 Å². The number of rotatable bonds is 4. The molecule has 76 valence electrons. The standard InChI is InChI=1S/C11H15NOS/c1-4-8(2)14-11-6-5-10(7-12-11)9(3)13/h5-8H,4H2,1-3H3. The summed E-state index contributed by atoms with van der Waals surface area (Å²) in [5, 5.41) is 1.56. The third-order valence-corrected chi connectivity index (χ3v) is 3.26. The number of carbonyl (C=O) groups is 1. The summed E-state index contributed by atoms with van der Waals surface area (Å²) in [6.45, 7) is 5.88. The van der Waals surface area contributed by atoms with Crippen LogP contribution in [0.2, 0.25) is 0 Å². The van der Waals surface area contributed by atoms with Crippen LogP contribution in [-0.4, -0.2) is 16.0 Å². The van der Waals surface area contributed by atoms with Gasteiger partial charge in [0.1, 0.15) is 0 Å². The minimum atomic E-state index is 0.0672. The molecule has 1 atom stereocenters. The van der Waals surface area contributed by atoms with Crippen LogP contribution in [0, 0.1) is 0 Å². The molecule has 1 unspecified atom stereocenters. The number of nitrogens with zero attached hydrogens (tertiary/aromatic N) is 1. The van der Waals surface area contributed by atoms with Gasteiger partial charge < -0.3 is 0 Å². The van der Waals surface area contributed by atoms with E-state index in [2.05, 4.69) is 18.8 Å². The summed E-state index contributed by atoms with van der Waals surface area (Å²) in [6.07, 6.45) is 2.77. The van der Waals surface area contributed by atoms with Crippen LogP contribution < -0.4 is 0 Å². The minimum Gasteiger partial charge on any atom is -0.294 e. The van der Waals surface area contributed by atoms with Crippen molar-refractivity contribution in [2.24, 2.45) is 0 Å². The van der Waals surface area contributed by atoms with Crippen LogP contribution in [0.5, 0.6) is 0 Å². The Balaban J connectivity index is 2.68. The Bertz CT molecular complexity index is 308. The molecule has 0 radical (unpaired) electrons.